The average Bonchev–Trinajstić information content (AvgIpc) is 2.85. The van der Waals surface area contributed by atoms with E-state index >= 15 is 0 Å². The van der Waals surface area contributed by atoms with Crippen LogP contribution in [0.5, 0.6) is 11.5 Å². The Morgan fingerprint density at radius 1 is 0.868 bits per heavy atom. The van der Waals surface area contributed by atoms with E-state index in [1.807, 2.05) is 0 Å². The smallest absolute Gasteiger partial charge is 0.261 e. The highest BCUT2D eigenvalue weighted by Crippen LogP contribution is 2.55. The molecule has 4 saturated carbocycles. The molecular weight excluding hydrogens is 543 g/mol. The zero-order valence-electron chi connectivity index (χ0n) is 20.6. The molecular formula is C29H28Cl2N2O4S. The summed E-state index contributed by atoms with van der Waals surface area (Å²) in [6.07, 6.45) is 6.78. The molecule has 1 amide bonds. The molecule has 4 aliphatic rings. The number of para-hydroxylation sites is 1. The molecule has 4 aliphatic carbocycles. The number of carbonyl (C=O) groups is 1. The molecule has 0 heterocycles. The van der Waals surface area contributed by atoms with Gasteiger partial charge in [-0.25, -0.2) is 8.42 Å². The van der Waals surface area contributed by atoms with Crippen LogP contribution >= 0.6 is 23.2 Å². The number of hydrogen-bond acceptors (Lipinski definition) is 4. The lowest BCUT2D eigenvalue weighted by atomic mass is 9.53. The summed E-state index contributed by atoms with van der Waals surface area (Å²) in [5, 5.41) is 4.13. The first-order valence-corrected chi connectivity index (χ1v) is 15.1. The number of anilines is 1. The maximum Gasteiger partial charge on any atom is 0.261 e. The van der Waals surface area contributed by atoms with Gasteiger partial charge >= 0.3 is 0 Å². The van der Waals surface area contributed by atoms with Gasteiger partial charge in [-0.15, -0.1) is 0 Å². The number of rotatable bonds is 7. The van der Waals surface area contributed by atoms with Gasteiger partial charge in [-0.1, -0.05) is 35.3 Å². The molecule has 3 aromatic rings. The standard InChI is InChI=1S/C29H28Cl2N2O4S/c30-21-5-10-26(24(14-21)28(34)32-29-15-18-11-19(16-29)13-20(12-18)17-29)33-38(35,36)23-8-6-22(7-9-23)37-27-4-2-1-3-25(27)31/h1-10,14,18-20,33H,11-13,15-17H2,(H,32,34). The molecule has 0 atom stereocenters. The van der Waals surface area contributed by atoms with E-state index in [1.54, 1.807) is 42.5 Å². The van der Waals surface area contributed by atoms with Crippen LogP contribution in [0.15, 0.2) is 71.6 Å². The minimum atomic E-state index is -3.99. The van der Waals surface area contributed by atoms with Crippen molar-refractivity contribution >= 4 is 44.8 Å². The largest absolute Gasteiger partial charge is 0.456 e. The Labute approximate surface area is 232 Å². The highest BCUT2D eigenvalue weighted by molar-refractivity contribution is 7.92. The van der Waals surface area contributed by atoms with E-state index in [0.29, 0.717) is 39.3 Å². The molecule has 0 saturated heterocycles. The lowest BCUT2D eigenvalue weighted by Crippen LogP contribution is -2.59. The van der Waals surface area contributed by atoms with Gasteiger partial charge in [0.05, 0.1) is 21.2 Å². The Kier molecular flexibility index (Phi) is 6.57. The van der Waals surface area contributed by atoms with Gasteiger partial charge in [0.2, 0.25) is 0 Å². The van der Waals surface area contributed by atoms with Crippen molar-refractivity contribution in [2.45, 2.75) is 49.0 Å². The molecule has 4 bridgehead atoms. The van der Waals surface area contributed by atoms with Crippen LogP contribution in [0.25, 0.3) is 0 Å². The van der Waals surface area contributed by atoms with Crippen molar-refractivity contribution in [3.8, 4) is 11.5 Å². The molecule has 3 aromatic carbocycles. The molecule has 0 unspecified atom stereocenters. The molecule has 4 fully saturated rings. The molecule has 2 N–H and O–H groups in total. The molecule has 0 aliphatic heterocycles. The second-order valence-corrected chi connectivity index (χ2v) is 13.5. The third-order valence-corrected chi connectivity index (χ3v) is 10.0. The van der Waals surface area contributed by atoms with Crippen molar-refractivity contribution in [2.75, 3.05) is 4.72 Å². The number of hydrogen-bond donors (Lipinski definition) is 2. The van der Waals surface area contributed by atoms with Gasteiger partial charge in [0.1, 0.15) is 11.5 Å². The van der Waals surface area contributed by atoms with Crippen molar-refractivity contribution in [1.29, 1.82) is 0 Å². The predicted octanol–water partition coefficient (Wildman–Crippen LogP) is 7.29. The van der Waals surface area contributed by atoms with E-state index in [-0.39, 0.29) is 27.6 Å². The Morgan fingerprint density at radius 2 is 1.50 bits per heavy atom. The lowest BCUT2D eigenvalue weighted by Gasteiger charge is -2.56. The molecule has 198 valence electrons. The number of carbonyl (C=O) groups excluding carboxylic acids is 1. The molecule has 9 heteroatoms. The lowest BCUT2D eigenvalue weighted by molar-refractivity contribution is -0.0166. The number of amides is 1. The van der Waals surface area contributed by atoms with Crippen molar-refractivity contribution in [3.05, 3.63) is 82.3 Å². The molecule has 0 aromatic heterocycles. The molecule has 6 nitrogen and oxygen atoms in total. The third kappa shape index (κ3) is 5.12. The zero-order valence-corrected chi connectivity index (χ0v) is 23.0. The first-order chi connectivity index (χ1) is 18.2. The summed E-state index contributed by atoms with van der Waals surface area (Å²) in [5.74, 6) is 2.63. The summed E-state index contributed by atoms with van der Waals surface area (Å²) in [6.45, 7) is 0. The second-order valence-electron chi connectivity index (χ2n) is 11.0. The van der Waals surface area contributed by atoms with E-state index in [1.165, 1.54) is 43.5 Å². The van der Waals surface area contributed by atoms with Gasteiger partial charge in [-0.2, -0.15) is 0 Å². The fourth-order valence-electron chi connectivity index (χ4n) is 6.91. The van der Waals surface area contributed by atoms with Crippen LogP contribution in [0, 0.1) is 17.8 Å². The monoisotopic (exact) mass is 570 g/mol. The number of benzene rings is 3. The van der Waals surface area contributed by atoms with Crippen LogP contribution < -0.4 is 14.8 Å². The predicted molar refractivity (Wildman–Crippen MR) is 149 cm³/mol. The van der Waals surface area contributed by atoms with Crippen LogP contribution in [0.3, 0.4) is 0 Å². The first-order valence-electron chi connectivity index (χ1n) is 12.9. The Hall–Kier alpha value is -2.74. The van der Waals surface area contributed by atoms with E-state index < -0.39 is 10.0 Å². The van der Waals surface area contributed by atoms with Gasteiger partial charge in [0.25, 0.3) is 15.9 Å². The molecule has 0 spiro atoms. The Balaban J connectivity index is 1.21. The maximum absolute atomic E-state index is 13.5. The van der Waals surface area contributed by atoms with Crippen molar-refractivity contribution < 1.29 is 17.9 Å². The minimum Gasteiger partial charge on any atom is -0.456 e. The van der Waals surface area contributed by atoms with Crippen molar-refractivity contribution in [2.24, 2.45) is 17.8 Å². The van der Waals surface area contributed by atoms with Crippen LogP contribution in [0.4, 0.5) is 5.69 Å². The summed E-state index contributed by atoms with van der Waals surface area (Å²) in [7, 11) is -3.99. The molecule has 7 rings (SSSR count). The summed E-state index contributed by atoms with van der Waals surface area (Å²) >= 11 is 12.4. The highest BCUT2D eigenvalue weighted by Gasteiger charge is 2.51. The Bertz CT molecular complexity index is 1460. The van der Waals surface area contributed by atoms with Gasteiger partial charge < -0.3 is 10.1 Å². The summed E-state index contributed by atoms with van der Waals surface area (Å²) < 4.78 is 34.9. The molecule has 38 heavy (non-hydrogen) atoms. The third-order valence-electron chi connectivity index (χ3n) is 8.09. The Morgan fingerprint density at radius 3 is 2.13 bits per heavy atom. The van der Waals surface area contributed by atoms with E-state index in [2.05, 4.69) is 10.0 Å². The highest BCUT2D eigenvalue weighted by atomic mass is 35.5. The number of halogens is 2. The number of sulfonamides is 1. The van der Waals surface area contributed by atoms with Gasteiger partial charge in [-0.3, -0.25) is 9.52 Å². The summed E-state index contributed by atoms with van der Waals surface area (Å²) in [5.41, 5.74) is 0.199. The van der Waals surface area contributed by atoms with E-state index in [4.69, 9.17) is 27.9 Å². The maximum atomic E-state index is 13.5. The number of ether oxygens (including phenoxy) is 1. The summed E-state index contributed by atoms with van der Waals surface area (Å²) in [4.78, 5) is 13.6. The SMILES string of the molecule is O=C(NC12CC3CC(CC(C3)C1)C2)c1cc(Cl)ccc1NS(=O)(=O)c1ccc(Oc2ccccc2Cl)cc1. The van der Waals surface area contributed by atoms with Crippen LogP contribution in [-0.4, -0.2) is 19.9 Å². The quantitative estimate of drug-likeness (QED) is 0.312. The molecule has 0 radical (unpaired) electrons. The van der Waals surface area contributed by atoms with Crippen LogP contribution in [0.2, 0.25) is 10.0 Å². The van der Waals surface area contributed by atoms with Crippen molar-refractivity contribution in [3.63, 3.8) is 0 Å². The summed E-state index contributed by atoms with van der Waals surface area (Å²) in [6, 6.07) is 17.7. The fourth-order valence-corrected chi connectivity index (χ4v) is 8.34. The first kappa shape index (κ1) is 25.5. The minimum absolute atomic E-state index is 0.0337. The van der Waals surface area contributed by atoms with Crippen molar-refractivity contribution in [1.82, 2.24) is 5.32 Å². The average molecular weight is 572 g/mol. The van der Waals surface area contributed by atoms with Crippen LogP contribution in [-0.2, 0) is 10.0 Å². The topological polar surface area (TPSA) is 84.5 Å². The van der Waals surface area contributed by atoms with Gasteiger partial charge in [0.15, 0.2) is 0 Å². The normalized spacial score (nSPS) is 25.7. The number of nitrogens with one attached hydrogen (secondary N) is 2. The van der Waals surface area contributed by atoms with Crippen LogP contribution in [0.1, 0.15) is 48.9 Å². The second kappa shape index (κ2) is 9.78. The van der Waals surface area contributed by atoms with E-state index in [9.17, 15) is 13.2 Å². The van der Waals surface area contributed by atoms with E-state index in [0.717, 1.165) is 19.3 Å². The zero-order chi connectivity index (χ0) is 26.5. The van der Waals surface area contributed by atoms with Gasteiger partial charge in [-0.05, 0) is 111 Å². The van der Waals surface area contributed by atoms with Gasteiger partial charge in [0, 0.05) is 10.6 Å². The fraction of sp³-hybridized carbons (Fsp3) is 0.345.